The van der Waals surface area contributed by atoms with Gasteiger partial charge in [0.15, 0.2) is 12.7 Å². The molecule has 0 saturated carbocycles. The first kappa shape index (κ1) is 21.9. The molecule has 0 aliphatic heterocycles. The summed E-state index contributed by atoms with van der Waals surface area (Å²) in [5.74, 6) is -0.402. The monoisotopic (exact) mass is 398 g/mol. The Bertz CT molecular complexity index is 862. The highest BCUT2D eigenvalue weighted by Gasteiger charge is 2.19. The van der Waals surface area contributed by atoms with Crippen molar-refractivity contribution in [2.75, 3.05) is 17.2 Å². The predicted octanol–water partition coefficient (Wildman–Crippen LogP) is 3.72. The second kappa shape index (κ2) is 10.3. The Labute approximate surface area is 170 Å². The van der Waals surface area contributed by atoms with Gasteiger partial charge in [0, 0.05) is 18.3 Å². The van der Waals surface area contributed by atoms with Gasteiger partial charge in [0.1, 0.15) is 5.75 Å². The zero-order chi connectivity index (χ0) is 21.4. The molecule has 1 unspecified atom stereocenters. The number of ether oxygens (including phenoxy) is 2. The first-order valence-electron chi connectivity index (χ1n) is 9.36. The van der Waals surface area contributed by atoms with Crippen LogP contribution in [0.4, 0.5) is 11.4 Å². The van der Waals surface area contributed by atoms with E-state index >= 15 is 0 Å². The van der Waals surface area contributed by atoms with Crippen LogP contribution in [0.2, 0.25) is 0 Å². The fraction of sp³-hybridized carbons (Fsp3) is 0.318. The van der Waals surface area contributed by atoms with Crippen LogP contribution in [0.25, 0.3) is 0 Å². The molecule has 0 spiro atoms. The second-order valence-corrected chi connectivity index (χ2v) is 6.86. The number of hydrogen-bond acceptors (Lipinski definition) is 5. The fourth-order valence-electron chi connectivity index (χ4n) is 2.59. The summed E-state index contributed by atoms with van der Waals surface area (Å²) >= 11 is 0. The molecule has 0 bridgehead atoms. The van der Waals surface area contributed by atoms with Crippen molar-refractivity contribution in [3.8, 4) is 5.75 Å². The highest BCUT2D eigenvalue weighted by atomic mass is 16.6. The SMILES string of the molecule is CC(=O)Nc1ccc(NC(=O)C(C)OC(=O)COc2ccccc2C(C)C)cc1. The van der Waals surface area contributed by atoms with Crippen LogP contribution >= 0.6 is 0 Å². The van der Waals surface area contributed by atoms with Crippen LogP contribution in [-0.2, 0) is 19.1 Å². The Morgan fingerprint density at radius 3 is 2.07 bits per heavy atom. The van der Waals surface area contributed by atoms with Crippen molar-refractivity contribution in [3.63, 3.8) is 0 Å². The maximum absolute atomic E-state index is 12.2. The summed E-state index contributed by atoms with van der Waals surface area (Å²) in [4.78, 5) is 35.3. The van der Waals surface area contributed by atoms with E-state index in [0.717, 1.165) is 5.56 Å². The minimum atomic E-state index is -0.985. The van der Waals surface area contributed by atoms with Gasteiger partial charge in [-0.25, -0.2) is 4.79 Å². The molecule has 0 aromatic heterocycles. The van der Waals surface area contributed by atoms with Crippen molar-refractivity contribution in [3.05, 3.63) is 54.1 Å². The molecule has 0 radical (unpaired) electrons. The van der Waals surface area contributed by atoms with Crippen molar-refractivity contribution in [2.24, 2.45) is 0 Å². The summed E-state index contributed by atoms with van der Waals surface area (Å²) in [6, 6.07) is 14.1. The average Bonchev–Trinajstić information content (AvgIpc) is 2.67. The van der Waals surface area contributed by atoms with Crippen molar-refractivity contribution in [1.29, 1.82) is 0 Å². The van der Waals surface area contributed by atoms with Crippen LogP contribution in [-0.4, -0.2) is 30.5 Å². The molecule has 2 aromatic carbocycles. The van der Waals surface area contributed by atoms with Crippen LogP contribution in [0.3, 0.4) is 0 Å². The van der Waals surface area contributed by atoms with E-state index in [1.54, 1.807) is 30.3 Å². The summed E-state index contributed by atoms with van der Waals surface area (Å²) in [6.45, 7) is 6.69. The van der Waals surface area contributed by atoms with Crippen LogP contribution in [0.15, 0.2) is 48.5 Å². The first-order chi connectivity index (χ1) is 13.8. The third kappa shape index (κ3) is 6.95. The third-order valence-electron chi connectivity index (χ3n) is 4.04. The van der Waals surface area contributed by atoms with Gasteiger partial charge in [-0.1, -0.05) is 32.0 Å². The predicted molar refractivity (Wildman–Crippen MR) is 111 cm³/mol. The number of esters is 1. The molecule has 2 N–H and O–H groups in total. The van der Waals surface area contributed by atoms with Gasteiger partial charge < -0.3 is 20.1 Å². The van der Waals surface area contributed by atoms with Crippen molar-refractivity contribution in [2.45, 2.75) is 39.7 Å². The Morgan fingerprint density at radius 2 is 1.48 bits per heavy atom. The van der Waals surface area contributed by atoms with Gasteiger partial charge in [0.2, 0.25) is 5.91 Å². The Balaban J connectivity index is 1.84. The van der Waals surface area contributed by atoms with Crippen LogP contribution < -0.4 is 15.4 Å². The molecule has 2 rings (SSSR count). The number of hydrogen-bond donors (Lipinski definition) is 2. The van der Waals surface area contributed by atoms with Gasteiger partial charge in [-0.3, -0.25) is 9.59 Å². The molecule has 0 aliphatic carbocycles. The van der Waals surface area contributed by atoms with E-state index in [4.69, 9.17) is 9.47 Å². The number of amides is 2. The quantitative estimate of drug-likeness (QED) is 0.661. The number of carbonyl (C=O) groups is 3. The minimum Gasteiger partial charge on any atom is -0.482 e. The second-order valence-electron chi connectivity index (χ2n) is 6.86. The molecule has 2 aromatic rings. The normalized spacial score (nSPS) is 11.5. The number of para-hydroxylation sites is 1. The number of benzene rings is 2. The first-order valence-corrected chi connectivity index (χ1v) is 9.36. The number of anilines is 2. The lowest BCUT2D eigenvalue weighted by Gasteiger charge is -2.16. The van der Waals surface area contributed by atoms with Gasteiger partial charge in [0.25, 0.3) is 5.91 Å². The van der Waals surface area contributed by atoms with Crippen molar-refractivity contribution in [1.82, 2.24) is 0 Å². The van der Waals surface area contributed by atoms with Crippen molar-refractivity contribution >= 4 is 29.2 Å². The zero-order valence-electron chi connectivity index (χ0n) is 17.0. The van der Waals surface area contributed by atoms with E-state index in [0.29, 0.717) is 17.1 Å². The molecular formula is C22H26N2O5. The summed E-state index contributed by atoms with van der Waals surface area (Å²) in [7, 11) is 0. The molecule has 154 valence electrons. The van der Waals surface area contributed by atoms with Gasteiger partial charge in [-0.15, -0.1) is 0 Å². The fourth-order valence-corrected chi connectivity index (χ4v) is 2.59. The minimum absolute atomic E-state index is 0.180. The molecule has 29 heavy (non-hydrogen) atoms. The molecule has 0 heterocycles. The standard InChI is InChI=1S/C22H26N2O5/c1-14(2)19-7-5-6-8-20(19)28-13-21(26)29-15(3)22(27)24-18-11-9-17(10-12-18)23-16(4)25/h5-12,14-15H,13H2,1-4H3,(H,23,25)(H,24,27). The summed E-state index contributed by atoms with van der Waals surface area (Å²) < 4.78 is 10.7. The molecule has 7 nitrogen and oxygen atoms in total. The van der Waals surface area contributed by atoms with E-state index in [9.17, 15) is 14.4 Å². The Morgan fingerprint density at radius 1 is 0.897 bits per heavy atom. The van der Waals surface area contributed by atoms with E-state index in [1.165, 1.54) is 13.8 Å². The van der Waals surface area contributed by atoms with Gasteiger partial charge >= 0.3 is 5.97 Å². The summed E-state index contributed by atoms with van der Waals surface area (Å²) in [5.41, 5.74) is 2.14. The van der Waals surface area contributed by atoms with Crippen LogP contribution in [0, 0.1) is 0 Å². The lowest BCUT2D eigenvalue weighted by Crippen LogP contribution is -2.31. The molecule has 7 heteroatoms. The number of carbonyl (C=O) groups excluding carboxylic acids is 3. The summed E-state index contributed by atoms with van der Waals surface area (Å²) in [5, 5.41) is 5.29. The van der Waals surface area contributed by atoms with Crippen molar-refractivity contribution < 1.29 is 23.9 Å². The number of nitrogens with one attached hydrogen (secondary N) is 2. The highest BCUT2D eigenvalue weighted by Crippen LogP contribution is 2.25. The summed E-state index contributed by atoms with van der Waals surface area (Å²) in [6.07, 6.45) is -0.985. The van der Waals surface area contributed by atoms with E-state index in [-0.39, 0.29) is 18.4 Å². The Hall–Kier alpha value is -3.35. The van der Waals surface area contributed by atoms with E-state index in [2.05, 4.69) is 10.6 Å². The molecule has 1 atom stereocenters. The van der Waals surface area contributed by atoms with Crippen LogP contribution in [0.1, 0.15) is 39.2 Å². The number of rotatable bonds is 8. The van der Waals surface area contributed by atoms with Gasteiger partial charge in [0.05, 0.1) is 0 Å². The van der Waals surface area contributed by atoms with Gasteiger partial charge in [-0.2, -0.15) is 0 Å². The lowest BCUT2D eigenvalue weighted by atomic mass is 10.0. The molecule has 0 fully saturated rings. The molecular weight excluding hydrogens is 372 g/mol. The molecule has 2 amide bonds. The molecule has 0 aliphatic rings. The Kier molecular flexibility index (Phi) is 7.77. The largest absolute Gasteiger partial charge is 0.482 e. The zero-order valence-corrected chi connectivity index (χ0v) is 17.0. The van der Waals surface area contributed by atoms with E-state index < -0.39 is 18.0 Å². The van der Waals surface area contributed by atoms with E-state index in [1.807, 2.05) is 32.0 Å². The highest BCUT2D eigenvalue weighted by molar-refractivity contribution is 5.95. The average molecular weight is 398 g/mol. The van der Waals surface area contributed by atoms with Crippen LogP contribution in [0.5, 0.6) is 5.75 Å². The topological polar surface area (TPSA) is 93.7 Å². The molecule has 0 saturated heterocycles. The lowest BCUT2D eigenvalue weighted by molar-refractivity contribution is -0.155. The smallest absolute Gasteiger partial charge is 0.344 e. The van der Waals surface area contributed by atoms with Gasteiger partial charge in [-0.05, 0) is 48.7 Å². The maximum Gasteiger partial charge on any atom is 0.344 e. The third-order valence-corrected chi connectivity index (χ3v) is 4.04. The maximum atomic E-state index is 12.2.